The fraction of sp³-hybridized carbons (Fsp3) is 0.889. The van der Waals surface area contributed by atoms with Crippen molar-refractivity contribution in [2.24, 2.45) is 11.1 Å². The van der Waals surface area contributed by atoms with Gasteiger partial charge in [-0.1, -0.05) is 11.6 Å². The number of hydrogen-bond acceptors (Lipinski definition) is 4. The van der Waals surface area contributed by atoms with E-state index in [4.69, 9.17) is 14.7 Å². The van der Waals surface area contributed by atoms with Crippen molar-refractivity contribution in [1.82, 2.24) is 0 Å². The number of hydrogen-bond donors (Lipinski definition) is 1. The van der Waals surface area contributed by atoms with Crippen LogP contribution >= 0.6 is 0 Å². The molecule has 0 amide bonds. The van der Waals surface area contributed by atoms with Crippen molar-refractivity contribution in [2.75, 3.05) is 20.3 Å². The van der Waals surface area contributed by atoms with Gasteiger partial charge in [0.1, 0.15) is 12.7 Å². The smallest absolute Gasteiger partial charge is 0.145 e. The zero-order chi connectivity index (χ0) is 9.52. The van der Waals surface area contributed by atoms with Gasteiger partial charge in [-0.05, 0) is 18.8 Å². The standard InChI is InChI=1S/C9H17NO3/c1-12-9(6-11)7-13-10-5-8-3-2-4-8/h5,8-9,11H,2-4,6-7H2,1H3. The molecule has 1 aliphatic rings. The third kappa shape index (κ3) is 3.74. The monoisotopic (exact) mass is 187 g/mol. The van der Waals surface area contributed by atoms with Crippen LogP contribution in [0, 0.1) is 5.92 Å². The average molecular weight is 187 g/mol. The van der Waals surface area contributed by atoms with Crippen molar-refractivity contribution < 1.29 is 14.7 Å². The normalized spacial score (nSPS) is 20.2. The van der Waals surface area contributed by atoms with E-state index in [9.17, 15) is 0 Å². The van der Waals surface area contributed by atoms with Gasteiger partial charge in [0.2, 0.25) is 0 Å². The van der Waals surface area contributed by atoms with E-state index in [1.54, 1.807) is 7.11 Å². The van der Waals surface area contributed by atoms with Gasteiger partial charge in [-0.2, -0.15) is 0 Å². The van der Waals surface area contributed by atoms with Crippen LogP contribution in [-0.2, 0) is 9.57 Å². The first-order chi connectivity index (χ1) is 6.36. The number of aliphatic hydroxyl groups excluding tert-OH is 1. The highest BCUT2D eigenvalue weighted by atomic mass is 16.6. The number of rotatable bonds is 6. The van der Waals surface area contributed by atoms with E-state index in [-0.39, 0.29) is 12.7 Å². The van der Waals surface area contributed by atoms with Gasteiger partial charge < -0.3 is 14.7 Å². The van der Waals surface area contributed by atoms with Crippen molar-refractivity contribution in [3.8, 4) is 0 Å². The zero-order valence-corrected chi connectivity index (χ0v) is 7.98. The summed E-state index contributed by atoms with van der Waals surface area (Å²) in [7, 11) is 1.54. The molecule has 0 aromatic heterocycles. The Morgan fingerprint density at radius 3 is 2.85 bits per heavy atom. The van der Waals surface area contributed by atoms with Crippen LogP contribution in [0.2, 0.25) is 0 Å². The fourth-order valence-electron chi connectivity index (χ4n) is 1.04. The van der Waals surface area contributed by atoms with E-state index in [1.807, 2.05) is 6.21 Å². The molecule has 0 radical (unpaired) electrons. The molecule has 13 heavy (non-hydrogen) atoms. The summed E-state index contributed by atoms with van der Waals surface area (Å²) in [6.45, 7) is 0.283. The first-order valence-corrected chi connectivity index (χ1v) is 4.66. The lowest BCUT2D eigenvalue weighted by atomic mass is 9.87. The van der Waals surface area contributed by atoms with Crippen LogP contribution in [0.1, 0.15) is 19.3 Å². The van der Waals surface area contributed by atoms with Crippen LogP contribution in [-0.4, -0.2) is 37.7 Å². The van der Waals surface area contributed by atoms with Crippen molar-refractivity contribution >= 4 is 6.21 Å². The molecule has 76 valence electrons. The van der Waals surface area contributed by atoms with Gasteiger partial charge in [0.25, 0.3) is 0 Å². The Labute approximate surface area is 78.5 Å². The number of methoxy groups -OCH3 is 1. The Bertz CT molecular complexity index is 153. The van der Waals surface area contributed by atoms with Crippen molar-refractivity contribution in [2.45, 2.75) is 25.4 Å². The van der Waals surface area contributed by atoms with E-state index in [0.29, 0.717) is 12.5 Å². The van der Waals surface area contributed by atoms with Crippen molar-refractivity contribution in [3.63, 3.8) is 0 Å². The Balaban J connectivity index is 2.01. The molecule has 1 aliphatic carbocycles. The second-order valence-corrected chi connectivity index (χ2v) is 3.28. The largest absolute Gasteiger partial charge is 0.394 e. The third-order valence-electron chi connectivity index (χ3n) is 2.29. The van der Waals surface area contributed by atoms with Gasteiger partial charge in [0, 0.05) is 13.3 Å². The van der Waals surface area contributed by atoms with Crippen molar-refractivity contribution in [1.29, 1.82) is 0 Å². The number of ether oxygens (including phenoxy) is 1. The highest BCUT2D eigenvalue weighted by molar-refractivity contribution is 5.60. The quantitative estimate of drug-likeness (QED) is 0.494. The summed E-state index contributed by atoms with van der Waals surface area (Å²) < 4.78 is 4.90. The van der Waals surface area contributed by atoms with E-state index >= 15 is 0 Å². The summed E-state index contributed by atoms with van der Waals surface area (Å²) in [6, 6.07) is 0. The molecular weight excluding hydrogens is 170 g/mol. The first kappa shape index (κ1) is 10.5. The maximum absolute atomic E-state index is 8.74. The molecule has 0 spiro atoms. The Kier molecular flexibility index (Phi) is 4.78. The first-order valence-electron chi connectivity index (χ1n) is 4.66. The lowest BCUT2D eigenvalue weighted by molar-refractivity contribution is -0.0185. The van der Waals surface area contributed by atoms with Crippen LogP contribution in [0.15, 0.2) is 5.16 Å². The van der Waals surface area contributed by atoms with Crippen LogP contribution in [0.4, 0.5) is 0 Å². The van der Waals surface area contributed by atoms with E-state index in [1.165, 1.54) is 19.3 Å². The topological polar surface area (TPSA) is 51.0 Å². The molecule has 0 bridgehead atoms. The molecule has 1 rings (SSSR count). The fourth-order valence-corrected chi connectivity index (χ4v) is 1.04. The summed E-state index contributed by atoms with van der Waals surface area (Å²) >= 11 is 0. The molecule has 0 saturated heterocycles. The third-order valence-corrected chi connectivity index (χ3v) is 2.29. The van der Waals surface area contributed by atoms with E-state index < -0.39 is 0 Å². The van der Waals surface area contributed by atoms with Gasteiger partial charge in [-0.3, -0.25) is 0 Å². The van der Waals surface area contributed by atoms with Crippen LogP contribution < -0.4 is 0 Å². The predicted molar refractivity (Wildman–Crippen MR) is 49.7 cm³/mol. The molecule has 1 saturated carbocycles. The van der Waals surface area contributed by atoms with Gasteiger partial charge in [0.05, 0.1) is 6.61 Å². The van der Waals surface area contributed by atoms with Gasteiger partial charge in [-0.15, -0.1) is 0 Å². The summed E-state index contributed by atoms with van der Waals surface area (Å²) in [5, 5.41) is 12.5. The molecule has 1 atom stereocenters. The highest BCUT2D eigenvalue weighted by Crippen LogP contribution is 2.23. The second-order valence-electron chi connectivity index (χ2n) is 3.28. The Morgan fingerprint density at radius 2 is 2.38 bits per heavy atom. The maximum atomic E-state index is 8.74. The molecule has 4 nitrogen and oxygen atoms in total. The lowest BCUT2D eigenvalue weighted by Gasteiger charge is -2.20. The molecule has 0 heterocycles. The molecule has 0 aliphatic heterocycles. The lowest BCUT2D eigenvalue weighted by Crippen LogP contribution is -2.21. The van der Waals surface area contributed by atoms with Gasteiger partial charge in [0.15, 0.2) is 0 Å². The predicted octanol–water partition coefficient (Wildman–Crippen LogP) is 0.796. The minimum absolute atomic E-state index is 0.0323. The minimum Gasteiger partial charge on any atom is -0.394 e. The van der Waals surface area contributed by atoms with Crippen LogP contribution in [0.3, 0.4) is 0 Å². The van der Waals surface area contributed by atoms with Gasteiger partial charge in [-0.25, -0.2) is 0 Å². The molecule has 4 heteroatoms. The maximum Gasteiger partial charge on any atom is 0.145 e. The highest BCUT2D eigenvalue weighted by Gasteiger charge is 2.14. The number of aliphatic hydroxyl groups is 1. The molecule has 1 unspecified atom stereocenters. The zero-order valence-electron chi connectivity index (χ0n) is 7.98. The van der Waals surface area contributed by atoms with Crippen LogP contribution in [0.25, 0.3) is 0 Å². The number of nitrogens with zero attached hydrogens (tertiary/aromatic N) is 1. The summed E-state index contributed by atoms with van der Waals surface area (Å²) in [4.78, 5) is 4.97. The summed E-state index contributed by atoms with van der Waals surface area (Å²) in [5.41, 5.74) is 0. The average Bonchev–Trinajstić information content (AvgIpc) is 2.08. The molecule has 0 aromatic rings. The molecule has 0 aromatic carbocycles. The summed E-state index contributed by atoms with van der Waals surface area (Å²) in [5.74, 6) is 0.607. The Hall–Kier alpha value is -0.610. The van der Waals surface area contributed by atoms with Crippen molar-refractivity contribution in [3.05, 3.63) is 0 Å². The molecule has 1 N–H and O–H groups in total. The van der Waals surface area contributed by atoms with Crippen LogP contribution in [0.5, 0.6) is 0 Å². The second kappa shape index (κ2) is 5.94. The van der Waals surface area contributed by atoms with E-state index in [0.717, 1.165) is 0 Å². The van der Waals surface area contributed by atoms with E-state index in [2.05, 4.69) is 5.16 Å². The van der Waals surface area contributed by atoms with Gasteiger partial charge >= 0.3 is 0 Å². The minimum atomic E-state index is -0.265. The molecule has 1 fully saturated rings. The number of oxime groups is 1. The Morgan fingerprint density at radius 1 is 1.62 bits per heavy atom. The summed E-state index contributed by atoms with van der Waals surface area (Å²) in [6.07, 6.45) is 5.32. The SMILES string of the molecule is COC(CO)CON=CC1CCC1. The molecular formula is C9H17NO3.